The smallest absolute Gasteiger partial charge is 0.247 e. The number of pyridine rings is 1. The number of ether oxygens (including phenoxy) is 1. The average Bonchev–Trinajstić information content (AvgIpc) is 3.59. The zero-order valence-corrected chi connectivity index (χ0v) is 24.0. The summed E-state index contributed by atoms with van der Waals surface area (Å²) < 4.78 is 21.2. The number of halogens is 1. The summed E-state index contributed by atoms with van der Waals surface area (Å²) in [6.45, 7) is 2.37. The maximum atomic E-state index is 13.5. The van der Waals surface area contributed by atoms with Crippen LogP contribution >= 0.6 is 11.3 Å². The molecule has 6 aromatic rings. The first-order chi connectivity index (χ1) is 21.0. The molecule has 0 spiro atoms. The molecule has 43 heavy (non-hydrogen) atoms. The molecule has 4 aromatic heterocycles. The molecule has 2 aromatic carbocycles. The number of thiophene rings is 1. The third-order valence-corrected chi connectivity index (χ3v) is 8.51. The van der Waals surface area contributed by atoms with Crippen LogP contribution in [0.3, 0.4) is 0 Å². The Kier molecular flexibility index (Phi) is 6.99. The Morgan fingerprint density at radius 2 is 2.00 bits per heavy atom. The molecule has 2 N–H and O–H groups in total. The van der Waals surface area contributed by atoms with Crippen molar-refractivity contribution in [1.82, 2.24) is 24.7 Å². The van der Waals surface area contributed by atoms with Crippen molar-refractivity contribution in [2.45, 2.75) is 32.9 Å². The molecule has 0 radical (unpaired) electrons. The number of aryl methyl sites for hydroxylation is 2. The molecule has 11 heteroatoms. The van der Waals surface area contributed by atoms with Gasteiger partial charge in [0.15, 0.2) is 0 Å². The molecule has 0 atom stereocenters. The van der Waals surface area contributed by atoms with Crippen LogP contribution in [0.25, 0.3) is 20.7 Å². The van der Waals surface area contributed by atoms with E-state index in [2.05, 4.69) is 30.7 Å². The second-order valence-electron chi connectivity index (χ2n) is 10.3. The molecule has 1 aliphatic rings. The molecule has 7 rings (SSSR count). The van der Waals surface area contributed by atoms with Crippen LogP contribution in [0.15, 0.2) is 79.4 Å². The van der Waals surface area contributed by atoms with Crippen LogP contribution in [-0.4, -0.2) is 30.6 Å². The topological polar surface area (TPSA) is 107 Å². The van der Waals surface area contributed by atoms with Gasteiger partial charge in [0.1, 0.15) is 47.5 Å². The van der Waals surface area contributed by atoms with Gasteiger partial charge in [-0.05, 0) is 78.9 Å². The first-order valence-electron chi connectivity index (χ1n) is 13.8. The fraction of sp³-hybridized carbons (Fsp3) is 0.156. The van der Waals surface area contributed by atoms with Gasteiger partial charge in [-0.25, -0.2) is 19.3 Å². The number of carbonyl (C=O) groups excluding carboxylic acids is 1. The zero-order valence-electron chi connectivity index (χ0n) is 23.2. The first-order valence-corrected chi connectivity index (χ1v) is 14.6. The largest absolute Gasteiger partial charge is 0.489 e. The van der Waals surface area contributed by atoms with Gasteiger partial charge < -0.3 is 15.4 Å². The van der Waals surface area contributed by atoms with E-state index in [0.717, 1.165) is 67.6 Å². The third-order valence-electron chi connectivity index (χ3n) is 7.34. The van der Waals surface area contributed by atoms with Gasteiger partial charge in [-0.15, -0.1) is 11.3 Å². The van der Waals surface area contributed by atoms with Crippen molar-refractivity contribution in [3.05, 3.63) is 108 Å². The number of benzene rings is 2. The number of hydrogen-bond acceptors (Lipinski definition) is 8. The summed E-state index contributed by atoms with van der Waals surface area (Å²) in [4.78, 5) is 28.0. The monoisotopic (exact) mass is 591 g/mol. The Bertz CT molecular complexity index is 1970. The van der Waals surface area contributed by atoms with E-state index in [1.54, 1.807) is 46.7 Å². The van der Waals surface area contributed by atoms with Crippen molar-refractivity contribution in [3.8, 4) is 16.2 Å². The van der Waals surface area contributed by atoms with E-state index in [0.29, 0.717) is 5.82 Å². The Labute approximate surface area is 250 Å². The van der Waals surface area contributed by atoms with E-state index >= 15 is 0 Å². The van der Waals surface area contributed by atoms with Gasteiger partial charge in [-0.2, -0.15) is 5.10 Å². The lowest BCUT2D eigenvalue weighted by Gasteiger charge is -2.16. The van der Waals surface area contributed by atoms with Crippen molar-refractivity contribution >= 4 is 44.8 Å². The maximum Gasteiger partial charge on any atom is 0.247 e. The molecule has 0 saturated heterocycles. The summed E-state index contributed by atoms with van der Waals surface area (Å²) in [5.74, 6) is 1.53. The van der Waals surface area contributed by atoms with Gasteiger partial charge in [0, 0.05) is 28.0 Å². The van der Waals surface area contributed by atoms with Crippen molar-refractivity contribution in [1.29, 1.82) is 0 Å². The molecule has 214 valence electrons. The van der Waals surface area contributed by atoms with Gasteiger partial charge in [-0.3, -0.25) is 9.48 Å². The second kappa shape index (κ2) is 11.3. The van der Waals surface area contributed by atoms with Crippen LogP contribution in [-0.2, 0) is 30.8 Å². The SMILES string of the molecule is Cc1cc(Nc2ncnc3sc4c(c23)CCc2c-4cnn2CC(=O)Nc2ccccn2)ccc1OCc1cccc(F)c1. The molecule has 1 amide bonds. The van der Waals surface area contributed by atoms with Crippen molar-refractivity contribution in [3.63, 3.8) is 0 Å². The number of anilines is 3. The molecule has 0 saturated carbocycles. The molecule has 0 aliphatic heterocycles. The third kappa shape index (κ3) is 5.42. The van der Waals surface area contributed by atoms with Gasteiger partial charge in [0.25, 0.3) is 0 Å². The number of nitrogens with zero attached hydrogens (tertiary/aromatic N) is 5. The van der Waals surface area contributed by atoms with Crippen LogP contribution in [0.4, 0.5) is 21.7 Å². The highest BCUT2D eigenvalue weighted by Gasteiger charge is 2.27. The number of aromatic nitrogens is 5. The van der Waals surface area contributed by atoms with Gasteiger partial charge in [0.2, 0.25) is 5.91 Å². The predicted octanol–water partition coefficient (Wildman–Crippen LogP) is 6.46. The van der Waals surface area contributed by atoms with Crippen LogP contribution in [0, 0.1) is 12.7 Å². The summed E-state index contributed by atoms with van der Waals surface area (Å²) in [6.07, 6.45) is 6.58. The normalized spacial score (nSPS) is 12.0. The molecular weight excluding hydrogens is 565 g/mol. The van der Waals surface area contributed by atoms with E-state index in [-0.39, 0.29) is 24.9 Å². The van der Waals surface area contributed by atoms with E-state index in [1.165, 1.54) is 17.7 Å². The zero-order chi connectivity index (χ0) is 29.3. The van der Waals surface area contributed by atoms with Crippen molar-refractivity contribution in [2.75, 3.05) is 10.6 Å². The number of rotatable bonds is 8. The fourth-order valence-electron chi connectivity index (χ4n) is 5.35. The molecule has 1 aliphatic carbocycles. The molecular formula is C32H26FN7O2S. The molecule has 9 nitrogen and oxygen atoms in total. The Morgan fingerprint density at radius 1 is 1.07 bits per heavy atom. The van der Waals surface area contributed by atoms with Crippen LogP contribution in [0.2, 0.25) is 0 Å². The molecule has 0 fully saturated rings. The number of nitrogens with one attached hydrogen (secondary N) is 2. The quantitative estimate of drug-likeness (QED) is 0.209. The summed E-state index contributed by atoms with van der Waals surface area (Å²) in [7, 11) is 0. The van der Waals surface area contributed by atoms with Crippen LogP contribution in [0.1, 0.15) is 22.4 Å². The van der Waals surface area contributed by atoms with Crippen LogP contribution < -0.4 is 15.4 Å². The molecule has 0 bridgehead atoms. The van der Waals surface area contributed by atoms with Gasteiger partial charge in [-0.1, -0.05) is 18.2 Å². The summed E-state index contributed by atoms with van der Waals surface area (Å²) in [6, 6.07) is 17.6. The highest BCUT2D eigenvalue weighted by molar-refractivity contribution is 7.22. The number of amides is 1. The van der Waals surface area contributed by atoms with E-state index < -0.39 is 0 Å². The lowest BCUT2D eigenvalue weighted by molar-refractivity contribution is -0.117. The van der Waals surface area contributed by atoms with Gasteiger partial charge >= 0.3 is 0 Å². The maximum absolute atomic E-state index is 13.5. The van der Waals surface area contributed by atoms with Crippen molar-refractivity contribution < 1.29 is 13.9 Å². The molecule has 0 unspecified atom stereocenters. The minimum absolute atomic E-state index is 0.111. The van der Waals surface area contributed by atoms with E-state index in [1.807, 2.05) is 43.5 Å². The Balaban J connectivity index is 1.11. The van der Waals surface area contributed by atoms with E-state index in [9.17, 15) is 9.18 Å². The lowest BCUT2D eigenvalue weighted by Crippen LogP contribution is -2.22. The highest BCUT2D eigenvalue weighted by Crippen LogP contribution is 2.45. The standard InChI is InChI=1S/C32H26FN7O2S/c1-19-13-22(8-11-26(19)42-17-20-5-4-6-21(33)14-20)38-31-29-23-9-10-25-24(30(23)43-32(29)36-18-35-31)15-37-40(25)16-28(41)39-27-7-2-3-12-34-27/h2-8,11-15,18H,9-10,16-17H2,1H3,(H,34,39,41)(H,35,36,38). The first kappa shape index (κ1) is 26.7. The lowest BCUT2D eigenvalue weighted by atomic mass is 9.95. The molecule has 4 heterocycles. The summed E-state index contributed by atoms with van der Waals surface area (Å²) in [5, 5.41) is 11.9. The Hall–Kier alpha value is -5.16. The summed E-state index contributed by atoms with van der Waals surface area (Å²) >= 11 is 1.61. The predicted molar refractivity (Wildman–Crippen MR) is 164 cm³/mol. The van der Waals surface area contributed by atoms with E-state index in [4.69, 9.17) is 4.74 Å². The van der Waals surface area contributed by atoms with Gasteiger partial charge in [0.05, 0.1) is 11.6 Å². The number of hydrogen-bond donors (Lipinski definition) is 2. The second-order valence-corrected chi connectivity index (χ2v) is 11.3. The number of fused-ring (bicyclic) bond motifs is 5. The Morgan fingerprint density at radius 3 is 2.84 bits per heavy atom. The summed E-state index contributed by atoms with van der Waals surface area (Å²) in [5.41, 5.74) is 5.83. The fourth-order valence-corrected chi connectivity index (χ4v) is 6.58. The van der Waals surface area contributed by atoms with Crippen LogP contribution in [0.5, 0.6) is 5.75 Å². The average molecular weight is 592 g/mol. The minimum atomic E-state index is -0.279. The highest BCUT2D eigenvalue weighted by atomic mass is 32.1. The number of carbonyl (C=O) groups is 1. The van der Waals surface area contributed by atoms with Crippen molar-refractivity contribution in [2.24, 2.45) is 0 Å². The minimum Gasteiger partial charge on any atom is -0.489 e.